The molecular formula is C13H20O6. The van der Waals surface area contributed by atoms with E-state index in [9.17, 15) is 19.5 Å². The van der Waals surface area contributed by atoms with E-state index < -0.39 is 35.2 Å². The molecule has 0 heterocycles. The second kappa shape index (κ2) is 6.14. The summed E-state index contributed by atoms with van der Waals surface area (Å²) in [5, 5.41) is 10.2. The van der Waals surface area contributed by atoms with Crippen molar-refractivity contribution in [2.45, 2.75) is 39.2 Å². The molecule has 3 atom stereocenters. The van der Waals surface area contributed by atoms with Crippen molar-refractivity contribution < 1.29 is 29.0 Å². The Morgan fingerprint density at radius 1 is 1.26 bits per heavy atom. The second-order valence-corrected chi connectivity index (χ2v) is 4.85. The predicted molar refractivity (Wildman–Crippen MR) is 65.1 cm³/mol. The third kappa shape index (κ3) is 3.53. The van der Waals surface area contributed by atoms with Crippen molar-refractivity contribution in [3.63, 3.8) is 0 Å². The van der Waals surface area contributed by atoms with Crippen molar-refractivity contribution in [3.05, 3.63) is 0 Å². The summed E-state index contributed by atoms with van der Waals surface area (Å²) in [6.45, 7) is 5.06. The highest BCUT2D eigenvalue weighted by molar-refractivity contribution is 6.01. The molecule has 0 bridgehead atoms. The molecular weight excluding hydrogens is 252 g/mol. The molecule has 6 heteroatoms. The van der Waals surface area contributed by atoms with Crippen LogP contribution in [0.4, 0.5) is 0 Å². The summed E-state index contributed by atoms with van der Waals surface area (Å²) in [5.74, 6) is -3.51. The van der Waals surface area contributed by atoms with Crippen LogP contribution in [-0.2, 0) is 23.9 Å². The number of carbonyl (C=O) groups excluding carboxylic acids is 3. The lowest BCUT2D eigenvalue weighted by Gasteiger charge is -2.37. The number of hydrogen-bond donors (Lipinski definition) is 1. The first-order valence-electron chi connectivity index (χ1n) is 6.41. The van der Waals surface area contributed by atoms with Gasteiger partial charge in [-0.3, -0.25) is 14.4 Å². The first-order chi connectivity index (χ1) is 8.83. The summed E-state index contributed by atoms with van der Waals surface area (Å²) < 4.78 is 9.69. The van der Waals surface area contributed by atoms with Crippen LogP contribution in [0.1, 0.15) is 33.6 Å². The smallest absolute Gasteiger partial charge is 0.316 e. The van der Waals surface area contributed by atoms with Crippen LogP contribution in [0.25, 0.3) is 0 Å². The van der Waals surface area contributed by atoms with Crippen LogP contribution < -0.4 is 0 Å². The van der Waals surface area contributed by atoms with Gasteiger partial charge in [-0.25, -0.2) is 0 Å². The van der Waals surface area contributed by atoms with Gasteiger partial charge in [-0.15, -0.1) is 0 Å². The molecule has 0 spiro atoms. The molecule has 108 valence electrons. The maximum Gasteiger partial charge on any atom is 0.316 e. The summed E-state index contributed by atoms with van der Waals surface area (Å²) >= 11 is 0. The fourth-order valence-electron chi connectivity index (χ4n) is 2.28. The van der Waals surface area contributed by atoms with Gasteiger partial charge >= 0.3 is 11.9 Å². The lowest BCUT2D eigenvalue weighted by molar-refractivity contribution is -0.169. The topological polar surface area (TPSA) is 89.9 Å². The van der Waals surface area contributed by atoms with Crippen LogP contribution in [-0.4, -0.2) is 41.6 Å². The summed E-state index contributed by atoms with van der Waals surface area (Å²) in [4.78, 5) is 35.3. The van der Waals surface area contributed by atoms with Crippen molar-refractivity contribution >= 4 is 17.7 Å². The fraction of sp³-hybridized carbons (Fsp3) is 0.769. The van der Waals surface area contributed by atoms with Crippen LogP contribution in [0.3, 0.4) is 0 Å². The van der Waals surface area contributed by atoms with E-state index in [1.54, 1.807) is 13.8 Å². The second-order valence-electron chi connectivity index (χ2n) is 4.85. The van der Waals surface area contributed by atoms with Crippen LogP contribution in [0.5, 0.6) is 0 Å². The number of aliphatic hydroxyl groups is 1. The minimum Gasteiger partial charge on any atom is -0.466 e. The molecule has 1 N–H and O–H groups in total. The maximum atomic E-state index is 11.8. The molecule has 1 fully saturated rings. The van der Waals surface area contributed by atoms with Crippen molar-refractivity contribution in [1.82, 2.24) is 0 Å². The van der Waals surface area contributed by atoms with Gasteiger partial charge in [0.05, 0.1) is 24.7 Å². The van der Waals surface area contributed by atoms with Gasteiger partial charge in [0, 0.05) is 6.42 Å². The normalized spacial score (nSPS) is 30.8. The molecule has 19 heavy (non-hydrogen) atoms. The highest BCUT2D eigenvalue weighted by atomic mass is 16.5. The van der Waals surface area contributed by atoms with Crippen LogP contribution in [0, 0.1) is 11.8 Å². The lowest BCUT2D eigenvalue weighted by atomic mass is 9.71. The molecule has 1 saturated carbocycles. The monoisotopic (exact) mass is 272 g/mol. The Morgan fingerprint density at radius 3 is 2.32 bits per heavy atom. The summed E-state index contributed by atoms with van der Waals surface area (Å²) in [6, 6.07) is 0. The maximum absolute atomic E-state index is 11.8. The Bertz CT molecular complexity index is 373. The van der Waals surface area contributed by atoms with E-state index in [0.717, 1.165) is 0 Å². The Balaban J connectivity index is 2.88. The van der Waals surface area contributed by atoms with Crippen LogP contribution >= 0.6 is 0 Å². The molecule has 0 saturated heterocycles. The Kier molecular flexibility index (Phi) is 5.05. The summed E-state index contributed by atoms with van der Waals surface area (Å²) in [7, 11) is 0. The van der Waals surface area contributed by atoms with Gasteiger partial charge in [0.2, 0.25) is 0 Å². The van der Waals surface area contributed by atoms with Crippen molar-refractivity contribution in [2.24, 2.45) is 11.8 Å². The molecule has 0 radical (unpaired) electrons. The van der Waals surface area contributed by atoms with E-state index >= 15 is 0 Å². The molecule has 0 aromatic heterocycles. The van der Waals surface area contributed by atoms with E-state index in [0.29, 0.717) is 0 Å². The summed E-state index contributed by atoms with van der Waals surface area (Å²) in [6.07, 6.45) is -0.316. The number of esters is 2. The average Bonchev–Trinajstić information content (AvgIpc) is 2.28. The average molecular weight is 272 g/mol. The number of carbonyl (C=O) groups is 3. The molecule has 6 nitrogen and oxygen atoms in total. The first kappa shape index (κ1) is 15.6. The number of hydrogen-bond acceptors (Lipinski definition) is 6. The SMILES string of the molecule is CCOC(=O)[C@@H]1C[C@@H](C(=O)OCC)[C@](C)(O)CC1=O. The molecule has 0 amide bonds. The van der Waals surface area contributed by atoms with Crippen molar-refractivity contribution in [2.75, 3.05) is 13.2 Å². The first-order valence-corrected chi connectivity index (χ1v) is 6.41. The highest BCUT2D eigenvalue weighted by Crippen LogP contribution is 2.36. The standard InChI is InChI=1S/C13H20O6/c1-4-18-11(15)8-6-9(12(16)19-5-2)13(3,17)7-10(8)14/h8-9,17H,4-7H2,1-3H3/t8-,9+,13-/m1/s1. The van der Waals surface area contributed by atoms with E-state index in [-0.39, 0.29) is 26.1 Å². The van der Waals surface area contributed by atoms with Gasteiger partial charge in [-0.05, 0) is 27.2 Å². The van der Waals surface area contributed by atoms with E-state index in [2.05, 4.69) is 0 Å². The minimum absolute atomic E-state index is 0.0660. The third-order valence-corrected chi connectivity index (χ3v) is 3.29. The van der Waals surface area contributed by atoms with Gasteiger partial charge in [0.25, 0.3) is 0 Å². The van der Waals surface area contributed by atoms with Crippen LogP contribution in [0.2, 0.25) is 0 Å². The molecule has 0 unspecified atom stereocenters. The third-order valence-electron chi connectivity index (χ3n) is 3.29. The van der Waals surface area contributed by atoms with Gasteiger partial charge in [-0.2, -0.15) is 0 Å². The lowest BCUT2D eigenvalue weighted by Crippen LogP contribution is -2.50. The zero-order valence-electron chi connectivity index (χ0n) is 11.5. The minimum atomic E-state index is -1.48. The fourth-order valence-corrected chi connectivity index (χ4v) is 2.28. The molecule has 0 aromatic carbocycles. The molecule has 1 aliphatic carbocycles. The zero-order chi connectivity index (χ0) is 14.6. The summed E-state index contributed by atoms with van der Waals surface area (Å²) in [5.41, 5.74) is -1.48. The van der Waals surface area contributed by atoms with E-state index in [1.165, 1.54) is 6.92 Å². The predicted octanol–water partition coefficient (Wildman–Crippen LogP) is 0.459. The van der Waals surface area contributed by atoms with Gasteiger partial charge < -0.3 is 14.6 Å². The Hall–Kier alpha value is -1.43. The van der Waals surface area contributed by atoms with E-state index in [4.69, 9.17) is 9.47 Å². The van der Waals surface area contributed by atoms with Gasteiger partial charge in [-0.1, -0.05) is 0 Å². The zero-order valence-corrected chi connectivity index (χ0v) is 11.5. The molecule has 1 aliphatic rings. The Labute approximate surface area is 112 Å². The quantitative estimate of drug-likeness (QED) is 0.590. The highest BCUT2D eigenvalue weighted by Gasteiger charge is 2.50. The molecule has 0 aromatic rings. The molecule has 1 rings (SSSR count). The van der Waals surface area contributed by atoms with Crippen LogP contribution in [0.15, 0.2) is 0 Å². The largest absolute Gasteiger partial charge is 0.466 e. The van der Waals surface area contributed by atoms with Crippen molar-refractivity contribution in [1.29, 1.82) is 0 Å². The Morgan fingerprint density at radius 2 is 1.79 bits per heavy atom. The van der Waals surface area contributed by atoms with Gasteiger partial charge in [0.15, 0.2) is 0 Å². The van der Waals surface area contributed by atoms with Gasteiger partial charge in [0.1, 0.15) is 11.7 Å². The number of rotatable bonds is 4. The van der Waals surface area contributed by atoms with Crippen molar-refractivity contribution in [3.8, 4) is 0 Å². The molecule has 0 aliphatic heterocycles. The number of ether oxygens (including phenoxy) is 2. The number of ketones is 1. The van der Waals surface area contributed by atoms with E-state index in [1.807, 2.05) is 0 Å². The number of Topliss-reactive ketones (excluding diaryl/α,β-unsaturated/α-hetero) is 1.